The maximum atomic E-state index is 13.8. The summed E-state index contributed by atoms with van der Waals surface area (Å²) in [5.41, 5.74) is 2.44. The Morgan fingerprint density at radius 3 is 2.65 bits per heavy atom. The zero-order chi connectivity index (χ0) is 18.7. The van der Waals surface area contributed by atoms with Gasteiger partial charge in [0.1, 0.15) is 5.82 Å². The maximum absolute atomic E-state index is 13.8. The van der Waals surface area contributed by atoms with E-state index in [9.17, 15) is 13.6 Å². The van der Waals surface area contributed by atoms with Crippen LogP contribution in [0.25, 0.3) is 11.3 Å². The average molecular weight is 377 g/mol. The van der Waals surface area contributed by atoms with Crippen molar-refractivity contribution >= 4 is 23.3 Å². The lowest BCUT2D eigenvalue weighted by molar-refractivity contribution is -0.116. The van der Waals surface area contributed by atoms with Crippen molar-refractivity contribution in [2.75, 3.05) is 5.32 Å². The first-order valence-corrected chi connectivity index (χ1v) is 8.22. The van der Waals surface area contributed by atoms with Gasteiger partial charge in [-0.1, -0.05) is 17.7 Å². The second kappa shape index (κ2) is 7.61. The summed E-state index contributed by atoms with van der Waals surface area (Å²) in [4.78, 5) is 16.1. The number of nitrogens with one attached hydrogen (secondary N) is 2. The molecule has 26 heavy (non-hydrogen) atoms. The fraction of sp³-hybridized carbons (Fsp3) is 0.167. The Morgan fingerprint density at radius 1 is 1.19 bits per heavy atom. The molecule has 8 heteroatoms. The first-order chi connectivity index (χ1) is 12.5. The highest BCUT2D eigenvalue weighted by Crippen LogP contribution is 2.25. The Balaban J connectivity index is 1.66. The summed E-state index contributed by atoms with van der Waals surface area (Å²) < 4.78 is 27.2. The minimum absolute atomic E-state index is 0.0129. The van der Waals surface area contributed by atoms with Gasteiger partial charge in [0.15, 0.2) is 11.6 Å². The number of carbonyl (C=O) groups excluding carboxylic acids is 1. The van der Waals surface area contributed by atoms with Crippen LogP contribution in [-0.4, -0.2) is 21.1 Å². The predicted molar refractivity (Wildman–Crippen MR) is 94.9 cm³/mol. The summed E-state index contributed by atoms with van der Waals surface area (Å²) >= 11 is 5.52. The van der Waals surface area contributed by atoms with Gasteiger partial charge in [0, 0.05) is 29.9 Å². The highest BCUT2D eigenvalue weighted by atomic mass is 35.5. The first kappa shape index (κ1) is 18.0. The van der Waals surface area contributed by atoms with Crippen LogP contribution in [0.3, 0.4) is 0 Å². The number of aromatic nitrogens is 3. The third kappa shape index (κ3) is 3.72. The number of anilines is 1. The molecule has 2 N–H and O–H groups in total. The molecule has 0 aliphatic carbocycles. The normalized spacial score (nSPS) is 10.8. The Morgan fingerprint density at radius 2 is 1.92 bits per heavy atom. The molecule has 0 saturated carbocycles. The molecule has 1 amide bonds. The number of benzene rings is 1. The summed E-state index contributed by atoms with van der Waals surface area (Å²) in [6.07, 6.45) is 3.35. The fourth-order valence-corrected chi connectivity index (χ4v) is 2.67. The van der Waals surface area contributed by atoms with Crippen molar-refractivity contribution in [3.8, 4) is 11.3 Å². The Bertz CT molecular complexity index is 944. The van der Waals surface area contributed by atoms with Crippen LogP contribution in [0.1, 0.15) is 17.5 Å². The number of hydrogen-bond donors (Lipinski definition) is 2. The number of aryl methyl sites for hydroxylation is 1. The van der Waals surface area contributed by atoms with Crippen LogP contribution in [0.15, 0.2) is 36.7 Å². The van der Waals surface area contributed by atoms with Gasteiger partial charge in [-0.3, -0.25) is 14.9 Å². The van der Waals surface area contributed by atoms with Gasteiger partial charge in [0.2, 0.25) is 5.91 Å². The van der Waals surface area contributed by atoms with Crippen molar-refractivity contribution in [3.63, 3.8) is 0 Å². The van der Waals surface area contributed by atoms with Gasteiger partial charge in [-0.25, -0.2) is 8.78 Å². The predicted octanol–water partition coefficient (Wildman–Crippen LogP) is 4.28. The summed E-state index contributed by atoms with van der Waals surface area (Å²) in [7, 11) is 0. The van der Waals surface area contributed by atoms with Gasteiger partial charge < -0.3 is 5.32 Å². The van der Waals surface area contributed by atoms with E-state index in [0.29, 0.717) is 11.5 Å². The van der Waals surface area contributed by atoms with Crippen LogP contribution < -0.4 is 5.32 Å². The standard InChI is InChI=1S/C18H15ClF2N4O/c1-10-17(12-6-8-22-9-7-12)24-25-18(10)23-14(26)5-3-11-2-4-13(19)16(21)15(11)20/h2,4,6-9H,3,5H2,1H3,(H2,23,24,25,26). The van der Waals surface area contributed by atoms with Crippen molar-refractivity contribution in [2.45, 2.75) is 19.8 Å². The number of carbonyl (C=O) groups is 1. The molecule has 3 rings (SSSR count). The van der Waals surface area contributed by atoms with E-state index in [0.717, 1.165) is 11.1 Å². The molecule has 3 aromatic rings. The summed E-state index contributed by atoms with van der Waals surface area (Å²) in [6.45, 7) is 1.82. The summed E-state index contributed by atoms with van der Waals surface area (Å²) in [6, 6.07) is 6.27. The van der Waals surface area contributed by atoms with Crippen LogP contribution in [-0.2, 0) is 11.2 Å². The van der Waals surface area contributed by atoms with Gasteiger partial charge in [-0.15, -0.1) is 0 Å². The largest absolute Gasteiger partial charge is 0.311 e. The highest BCUT2D eigenvalue weighted by molar-refractivity contribution is 6.30. The molecule has 134 valence electrons. The Hall–Kier alpha value is -2.80. The van der Waals surface area contributed by atoms with Gasteiger partial charge in [0.05, 0.1) is 10.7 Å². The van der Waals surface area contributed by atoms with Crippen molar-refractivity contribution in [3.05, 3.63) is 64.4 Å². The summed E-state index contributed by atoms with van der Waals surface area (Å²) in [5, 5.41) is 9.39. The molecule has 0 aliphatic rings. The number of halogens is 3. The minimum Gasteiger partial charge on any atom is -0.311 e. The average Bonchev–Trinajstić information content (AvgIpc) is 3.00. The molecule has 5 nitrogen and oxygen atoms in total. The maximum Gasteiger partial charge on any atom is 0.225 e. The molecule has 0 fully saturated rings. The number of rotatable bonds is 5. The first-order valence-electron chi connectivity index (χ1n) is 7.85. The highest BCUT2D eigenvalue weighted by Gasteiger charge is 2.15. The van der Waals surface area contributed by atoms with Crippen molar-refractivity contribution in [2.24, 2.45) is 0 Å². The smallest absolute Gasteiger partial charge is 0.225 e. The molecule has 2 heterocycles. The van der Waals surface area contributed by atoms with Crippen LogP contribution in [0.4, 0.5) is 14.6 Å². The third-order valence-electron chi connectivity index (χ3n) is 3.96. The molecule has 0 radical (unpaired) electrons. The number of amides is 1. The molecule has 0 spiro atoms. The number of hydrogen-bond acceptors (Lipinski definition) is 3. The van der Waals surface area contributed by atoms with E-state index in [4.69, 9.17) is 11.6 Å². The Kier molecular flexibility index (Phi) is 5.27. The van der Waals surface area contributed by atoms with Crippen molar-refractivity contribution < 1.29 is 13.6 Å². The molecular formula is C18H15ClF2N4O. The quantitative estimate of drug-likeness (QED) is 0.653. The van der Waals surface area contributed by atoms with Crippen LogP contribution in [0.5, 0.6) is 0 Å². The second-order valence-electron chi connectivity index (χ2n) is 5.69. The molecule has 0 bridgehead atoms. The molecule has 0 aliphatic heterocycles. The van der Waals surface area contributed by atoms with Gasteiger partial charge >= 0.3 is 0 Å². The number of H-pyrrole nitrogens is 1. The van der Waals surface area contributed by atoms with E-state index in [1.165, 1.54) is 12.1 Å². The second-order valence-corrected chi connectivity index (χ2v) is 6.10. The van der Waals surface area contributed by atoms with Gasteiger partial charge in [0.25, 0.3) is 0 Å². The molecule has 0 saturated heterocycles. The van der Waals surface area contributed by atoms with Crippen LogP contribution >= 0.6 is 11.6 Å². The van der Waals surface area contributed by atoms with Crippen molar-refractivity contribution in [1.82, 2.24) is 15.2 Å². The van der Waals surface area contributed by atoms with E-state index < -0.39 is 11.6 Å². The van der Waals surface area contributed by atoms with Gasteiger partial charge in [-0.2, -0.15) is 5.10 Å². The molecule has 2 aromatic heterocycles. The zero-order valence-electron chi connectivity index (χ0n) is 13.8. The lowest BCUT2D eigenvalue weighted by atomic mass is 10.1. The van der Waals surface area contributed by atoms with Crippen molar-refractivity contribution in [1.29, 1.82) is 0 Å². The molecule has 0 atom stereocenters. The number of aromatic amines is 1. The van der Waals surface area contributed by atoms with E-state index in [1.54, 1.807) is 12.4 Å². The van der Waals surface area contributed by atoms with Gasteiger partial charge in [-0.05, 0) is 37.1 Å². The van der Waals surface area contributed by atoms with E-state index in [2.05, 4.69) is 20.5 Å². The molecular weight excluding hydrogens is 362 g/mol. The van der Waals surface area contributed by atoms with E-state index in [-0.39, 0.29) is 29.3 Å². The number of pyridine rings is 1. The minimum atomic E-state index is -1.10. The topological polar surface area (TPSA) is 70.7 Å². The van der Waals surface area contributed by atoms with E-state index >= 15 is 0 Å². The number of nitrogens with zero attached hydrogens (tertiary/aromatic N) is 2. The molecule has 1 aromatic carbocycles. The van der Waals surface area contributed by atoms with E-state index in [1.807, 2.05) is 19.1 Å². The van der Waals surface area contributed by atoms with Crippen LogP contribution in [0.2, 0.25) is 5.02 Å². The Labute approximate surface area is 153 Å². The third-order valence-corrected chi connectivity index (χ3v) is 4.26. The SMILES string of the molecule is Cc1c(-c2ccncc2)n[nH]c1NC(=O)CCc1ccc(Cl)c(F)c1F. The lowest BCUT2D eigenvalue weighted by Gasteiger charge is -2.06. The fourth-order valence-electron chi connectivity index (χ4n) is 2.52. The lowest BCUT2D eigenvalue weighted by Crippen LogP contribution is -2.14. The zero-order valence-corrected chi connectivity index (χ0v) is 14.6. The molecule has 0 unspecified atom stereocenters. The summed E-state index contributed by atoms with van der Waals surface area (Å²) in [5.74, 6) is -2.00. The monoisotopic (exact) mass is 376 g/mol. The van der Waals surface area contributed by atoms with Crippen LogP contribution in [0, 0.1) is 18.6 Å².